The van der Waals surface area contributed by atoms with Crippen LogP contribution in [0.25, 0.3) is 11.0 Å². The lowest BCUT2D eigenvalue weighted by molar-refractivity contribution is -0.137. The van der Waals surface area contributed by atoms with E-state index < -0.39 is 5.63 Å². The van der Waals surface area contributed by atoms with Crippen LogP contribution in [0.3, 0.4) is 0 Å². The molecule has 0 spiro atoms. The highest BCUT2D eigenvalue weighted by Gasteiger charge is 2.24. The van der Waals surface area contributed by atoms with Gasteiger partial charge in [-0.05, 0) is 25.5 Å². The van der Waals surface area contributed by atoms with E-state index in [9.17, 15) is 14.7 Å². The summed E-state index contributed by atoms with van der Waals surface area (Å²) < 4.78 is 15.8. The van der Waals surface area contributed by atoms with Gasteiger partial charge in [0.2, 0.25) is 5.91 Å². The quantitative estimate of drug-likeness (QED) is 0.849. The van der Waals surface area contributed by atoms with Crippen LogP contribution in [0.5, 0.6) is 11.5 Å². The van der Waals surface area contributed by atoms with Crippen molar-refractivity contribution in [3.63, 3.8) is 0 Å². The summed E-state index contributed by atoms with van der Waals surface area (Å²) in [6.45, 7) is 5.20. The average molecular weight is 347 g/mol. The summed E-state index contributed by atoms with van der Waals surface area (Å²) in [6, 6.07) is 2.95. The first-order chi connectivity index (χ1) is 11.9. The molecular formula is C18H21NO6. The van der Waals surface area contributed by atoms with Gasteiger partial charge in [0.05, 0.1) is 31.8 Å². The average Bonchev–Trinajstić information content (AvgIpc) is 2.58. The van der Waals surface area contributed by atoms with Crippen molar-refractivity contribution in [2.45, 2.75) is 26.4 Å². The molecular weight excluding hydrogens is 326 g/mol. The number of aromatic hydroxyl groups is 1. The lowest BCUT2D eigenvalue weighted by Gasteiger charge is -2.31. The third kappa shape index (κ3) is 3.32. The fourth-order valence-corrected chi connectivity index (χ4v) is 3.08. The maximum absolute atomic E-state index is 12.6. The number of rotatable bonds is 3. The molecule has 2 aromatic rings. The molecule has 3 rings (SSSR count). The monoisotopic (exact) mass is 347 g/mol. The number of hydrogen-bond acceptors (Lipinski definition) is 6. The number of phenolic OH excluding ortho intramolecular Hbond substituents is 1. The van der Waals surface area contributed by atoms with Crippen LogP contribution in [-0.2, 0) is 16.0 Å². The minimum absolute atomic E-state index is 0.0148. The van der Waals surface area contributed by atoms with Gasteiger partial charge in [0, 0.05) is 24.5 Å². The van der Waals surface area contributed by atoms with E-state index in [1.54, 1.807) is 17.9 Å². The predicted molar refractivity (Wildman–Crippen MR) is 91.1 cm³/mol. The normalized spacial score (nSPS) is 17.7. The molecule has 1 aliphatic heterocycles. The maximum atomic E-state index is 12.6. The molecule has 0 saturated carbocycles. The lowest BCUT2D eigenvalue weighted by atomic mass is 10.0. The summed E-state index contributed by atoms with van der Waals surface area (Å²) in [5.74, 6) is 0.0445. The number of phenols is 1. The molecule has 1 N–H and O–H groups in total. The first-order valence-electron chi connectivity index (χ1n) is 8.13. The first kappa shape index (κ1) is 17.3. The second-order valence-electron chi connectivity index (χ2n) is 6.21. The Balaban J connectivity index is 1.97. The van der Waals surface area contributed by atoms with E-state index in [2.05, 4.69) is 0 Å². The van der Waals surface area contributed by atoms with Crippen molar-refractivity contribution >= 4 is 16.9 Å². The molecule has 1 saturated heterocycles. The number of benzene rings is 1. The second-order valence-corrected chi connectivity index (χ2v) is 6.21. The summed E-state index contributed by atoms with van der Waals surface area (Å²) in [7, 11) is 1.44. The Kier molecular flexibility index (Phi) is 4.67. The third-order valence-corrected chi connectivity index (χ3v) is 4.51. The maximum Gasteiger partial charge on any atom is 0.340 e. The van der Waals surface area contributed by atoms with Crippen molar-refractivity contribution in [2.75, 3.05) is 26.8 Å². The summed E-state index contributed by atoms with van der Waals surface area (Å²) in [5, 5.41) is 10.5. The molecule has 1 atom stereocenters. The fraction of sp³-hybridized carbons (Fsp3) is 0.444. The topological polar surface area (TPSA) is 89.2 Å². The Labute approximate surface area is 144 Å². The molecule has 2 heterocycles. The fourth-order valence-electron chi connectivity index (χ4n) is 3.08. The Hall–Kier alpha value is -2.54. The number of morpholine rings is 1. The van der Waals surface area contributed by atoms with Crippen molar-refractivity contribution in [1.29, 1.82) is 0 Å². The van der Waals surface area contributed by atoms with E-state index in [-0.39, 0.29) is 35.5 Å². The van der Waals surface area contributed by atoms with Crippen molar-refractivity contribution in [3.05, 3.63) is 33.7 Å². The smallest absolute Gasteiger partial charge is 0.340 e. The lowest BCUT2D eigenvalue weighted by Crippen LogP contribution is -2.45. The van der Waals surface area contributed by atoms with Crippen LogP contribution in [-0.4, -0.2) is 48.8 Å². The highest BCUT2D eigenvalue weighted by atomic mass is 16.5. The first-order valence-corrected chi connectivity index (χ1v) is 8.13. The van der Waals surface area contributed by atoms with Gasteiger partial charge >= 0.3 is 5.63 Å². The molecule has 1 unspecified atom stereocenters. The predicted octanol–water partition coefficient (Wildman–Crippen LogP) is 1.61. The van der Waals surface area contributed by atoms with Crippen molar-refractivity contribution in [2.24, 2.45) is 0 Å². The molecule has 1 aromatic carbocycles. The molecule has 7 nitrogen and oxygen atoms in total. The molecule has 25 heavy (non-hydrogen) atoms. The standard InChI is InChI=1S/C18H21NO6/c1-10-9-19(4-5-24-10)17(21)7-13-11(2)12-6-16(23-3)14(20)8-15(12)25-18(13)22/h6,8,10,20H,4-5,7,9H2,1-3H3. The van der Waals surface area contributed by atoms with E-state index in [4.69, 9.17) is 13.9 Å². The van der Waals surface area contributed by atoms with Gasteiger partial charge < -0.3 is 23.9 Å². The van der Waals surface area contributed by atoms with Gasteiger partial charge in [-0.1, -0.05) is 0 Å². The van der Waals surface area contributed by atoms with Crippen LogP contribution >= 0.6 is 0 Å². The zero-order valence-corrected chi connectivity index (χ0v) is 14.5. The number of amides is 1. The highest BCUT2D eigenvalue weighted by Crippen LogP contribution is 2.32. The zero-order valence-electron chi connectivity index (χ0n) is 14.5. The van der Waals surface area contributed by atoms with Crippen LogP contribution < -0.4 is 10.4 Å². The summed E-state index contributed by atoms with van der Waals surface area (Å²) >= 11 is 0. The molecule has 0 radical (unpaired) electrons. The Morgan fingerprint density at radius 1 is 1.44 bits per heavy atom. The number of methoxy groups -OCH3 is 1. The summed E-state index contributed by atoms with van der Waals surface area (Å²) in [6.07, 6.45) is -0.0425. The van der Waals surface area contributed by atoms with Gasteiger partial charge in [-0.3, -0.25) is 4.79 Å². The highest BCUT2D eigenvalue weighted by molar-refractivity contribution is 5.86. The number of nitrogens with zero attached hydrogens (tertiary/aromatic N) is 1. The SMILES string of the molecule is COc1cc2c(C)c(CC(=O)N3CCOC(C)C3)c(=O)oc2cc1O. The number of fused-ring (bicyclic) bond motifs is 1. The van der Waals surface area contributed by atoms with Crippen LogP contribution in [0.15, 0.2) is 21.3 Å². The minimum Gasteiger partial charge on any atom is -0.504 e. The van der Waals surface area contributed by atoms with Crippen LogP contribution in [0, 0.1) is 6.92 Å². The van der Waals surface area contributed by atoms with E-state index in [1.165, 1.54) is 13.2 Å². The van der Waals surface area contributed by atoms with E-state index in [0.717, 1.165) is 0 Å². The van der Waals surface area contributed by atoms with E-state index in [1.807, 2.05) is 6.92 Å². The van der Waals surface area contributed by atoms with E-state index >= 15 is 0 Å². The Morgan fingerprint density at radius 3 is 2.88 bits per heavy atom. The molecule has 1 amide bonds. The third-order valence-electron chi connectivity index (χ3n) is 4.51. The van der Waals surface area contributed by atoms with Gasteiger partial charge in [0.25, 0.3) is 0 Å². The number of aryl methyl sites for hydroxylation is 1. The van der Waals surface area contributed by atoms with Gasteiger partial charge in [-0.2, -0.15) is 0 Å². The van der Waals surface area contributed by atoms with Gasteiger partial charge in [0.15, 0.2) is 11.5 Å². The summed E-state index contributed by atoms with van der Waals surface area (Å²) in [4.78, 5) is 26.6. The van der Waals surface area contributed by atoms with Crippen LogP contribution in [0.1, 0.15) is 18.1 Å². The Morgan fingerprint density at radius 2 is 2.20 bits per heavy atom. The number of carbonyl (C=O) groups excluding carboxylic acids is 1. The largest absolute Gasteiger partial charge is 0.504 e. The van der Waals surface area contributed by atoms with Crippen LogP contribution in [0.2, 0.25) is 0 Å². The molecule has 1 fully saturated rings. The summed E-state index contributed by atoms with van der Waals surface area (Å²) in [5.41, 5.74) is 0.671. The van der Waals surface area contributed by atoms with Crippen LogP contribution in [0.4, 0.5) is 0 Å². The van der Waals surface area contributed by atoms with Gasteiger partial charge in [0.1, 0.15) is 5.58 Å². The molecule has 134 valence electrons. The van der Waals surface area contributed by atoms with Crippen molar-refractivity contribution in [1.82, 2.24) is 4.90 Å². The minimum atomic E-state index is -0.566. The molecule has 7 heteroatoms. The second kappa shape index (κ2) is 6.76. The number of hydrogen-bond donors (Lipinski definition) is 1. The molecule has 1 aromatic heterocycles. The number of ether oxygens (including phenoxy) is 2. The molecule has 0 bridgehead atoms. The molecule has 0 aliphatic carbocycles. The van der Waals surface area contributed by atoms with Gasteiger partial charge in [-0.25, -0.2) is 4.79 Å². The van der Waals surface area contributed by atoms with Gasteiger partial charge in [-0.15, -0.1) is 0 Å². The number of carbonyl (C=O) groups is 1. The van der Waals surface area contributed by atoms with Crippen molar-refractivity contribution < 1.29 is 23.8 Å². The van der Waals surface area contributed by atoms with E-state index in [0.29, 0.717) is 36.2 Å². The Bertz CT molecular complexity index is 872. The van der Waals surface area contributed by atoms with Crippen molar-refractivity contribution in [3.8, 4) is 11.5 Å². The molecule has 1 aliphatic rings. The zero-order chi connectivity index (χ0) is 18.1.